The van der Waals surface area contributed by atoms with E-state index in [2.05, 4.69) is 20.7 Å². The van der Waals surface area contributed by atoms with Crippen molar-refractivity contribution in [3.05, 3.63) is 59.2 Å². The van der Waals surface area contributed by atoms with Crippen molar-refractivity contribution in [2.45, 2.75) is 31.5 Å². The smallest absolute Gasteiger partial charge is 0.349 e. The normalized spacial score (nSPS) is 16.6. The predicted molar refractivity (Wildman–Crippen MR) is 92.8 cm³/mol. The number of aryl methyl sites for hydroxylation is 1. The molecule has 0 saturated heterocycles. The standard InChI is InChI=1S/C18H17F3N6O/c1-26-16-7-4-13(8-15(16)24-25-26)23-17(28)11-9-22-27(10-11)14-5-2-12(3-6-14)18(19,20)21/h2-3,5-6,9-10,13H,4,7-8H2,1H3,(H,23,28). The molecule has 4 rings (SSSR count). The molecule has 0 fully saturated rings. The van der Waals surface area contributed by atoms with Crippen LogP contribution in [-0.2, 0) is 26.1 Å². The van der Waals surface area contributed by atoms with E-state index in [1.54, 1.807) is 4.68 Å². The van der Waals surface area contributed by atoms with E-state index in [9.17, 15) is 18.0 Å². The Morgan fingerprint density at radius 1 is 1.25 bits per heavy atom. The number of hydrogen-bond acceptors (Lipinski definition) is 4. The second kappa shape index (κ2) is 6.77. The Balaban J connectivity index is 1.43. The number of benzene rings is 1. The lowest BCUT2D eigenvalue weighted by Gasteiger charge is -2.22. The van der Waals surface area contributed by atoms with Gasteiger partial charge in [-0.15, -0.1) is 5.10 Å². The van der Waals surface area contributed by atoms with Crippen molar-refractivity contribution in [2.75, 3.05) is 0 Å². The number of aromatic nitrogens is 5. The highest BCUT2D eigenvalue weighted by atomic mass is 19.4. The number of alkyl halides is 3. The van der Waals surface area contributed by atoms with Crippen LogP contribution in [0.2, 0.25) is 0 Å². The molecule has 2 aromatic heterocycles. The molecule has 28 heavy (non-hydrogen) atoms. The van der Waals surface area contributed by atoms with Crippen molar-refractivity contribution < 1.29 is 18.0 Å². The van der Waals surface area contributed by atoms with Gasteiger partial charge in [-0.05, 0) is 37.1 Å². The fraction of sp³-hybridized carbons (Fsp3) is 0.333. The van der Waals surface area contributed by atoms with Crippen LogP contribution < -0.4 is 5.32 Å². The summed E-state index contributed by atoms with van der Waals surface area (Å²) in [6, 6.07) is 4.54. The fourth-order valence-corrected chi connectivity index (χ4v) is 3.31. The van der Waals surface area contributed by atoms with Gasteiger partial charge >= 0.3 is 6.18 Å². The van der Waals surface area contributed by atoms with E-state index in [0.717, 1.165) is 36.4 Å². The van der Waals surface area contributed by atoms with Crippen LogP contribution >= 0.6 is 0 Å². The summed E-state index contributed by atoms with van der Waals surface area (Å²) in [5, 5.41) is 15.2. The van der Waals surface area contributed by atoms with Crippen LogP contribution in [-0.4, -0.2) is 36.7 Å². The van der Waals surface area contributed by atoms with Gasteiger partial charge in [0.05, 0.1) is 34.4 Å². The average molecular weight is 390 g/mol. The summed E-state index contributed by atoms with van der Waals surface area (Å²) >= 11 is 0. The molecule has 0 aliphatic heterocycles. The minimum Gasteiger partial charge on any atom is -0.349 e. The molecule has 1 N–H and O–H groups in total. The molecule has 0 spiro atoms. The Bertz CT molecular complexity index is 1010. The summed E-state index contributed by atoms with van der Waals surface area (Å²) in [5.41, 5.74) is 2.01. The first-order valence-corrected chi connectivity index (χ1v) is 8.72. The van der Waals surface area contributed by atoms with Gasteiger partial charge in [0.15, 0.2) is 0 Å². The summed E-state index contributed by atoms with van der Waals surface area (Å²) < 4.78 is 41.1. The van der Waals surface area contributed by atoms with E-state index in [-0.39, 0.29) is 11.9 Å². The van der Waals surface area contributed by atoms with E-state index >= 15 is 0 Å². The van der Waals surface area contributed by atoms with Crippen molar-refractivity contribution in [3.8, 4) is 5.69 Å². The van der Waals surface area contributed by atoms with Gasteiger partial charge in [0.1, 0.15) is 0 Å². The molecular weight excluding hydrogens is 373 g/mol. The summed E-state index contributed by atoms with van der Waals surface area (Å²) in [6.45, 7) is 0. The topological polar surface area (TPSA) is 77.6 Å². The molecular formula is C18H17F3N6O. The number of carbonyl (C=O) groups is 1. The SMILES string of the molecule is Cn1nnc2c1CCC(NC(=O)c1cnn(-c3ccc(C(F)(F)F)cc3)c1)C2. The molecule has 1 aliphatic rings. The highest BCUT2D eigenvalue weighted by Gasteiger charge is 2.30. The summed E-state index contributed by atoms with van der Waals surface area (Å²) in [5.74, 6) is -0.282. The molecule has 146 valence electrons. The summed E-state index contributed by atoms with van der Waals surface area (Å²) in [7, 11) is 1.85. The van der Waals surface area contributed by atoms with Gasteiger partial charge in [-0.3, -0.25) is 9.48 Å². The number of rotatable bonds is 3. The van der Waals surface area contributed by atoms with Crippen LogP contribution in [0.25, 0.3) is 5.69 Å². The van der Waals surface area contributed by atoms with Crippen LogP contribution in [0.5, 0.6) is 0 Å². The van der Waals surface area contributed by atoms with Gasteiger partial charge in [0, 0.05) is 25.7 Å². The first-order valence-electron chi connectivity index (χ1n) is 8.72. The Hall–Kier alpha value is -3.17. The number of carbonyl (C=O) groups excluding carboxylic acids is 1. The lowest BCUT2D eigenvalue weighted by molar-refractivity contribution is -0.137. The van der Waals surface area contributed by atoms with Crippen LogP contribution in [0.3, 0.4) is 0 Å². The molecule has 3 aromatic rings. The number of nitrogens with zero attached hydrogens (tertiary/aromatic N) is 5. The largest absolute Gasteiger partial charge is 0.416 e. The number of halogens is 3. The molecule has 10 heteroatoms. The number of amides is 1. The molecule has 2 heterocycles. The fourth-order valence-electron chi connectivity index (χ4n) is 3.31. The van der Waals surface area contributed by atoms with E-state index in [0.29, 0.717) is 17.7 Å². The molecule has 7 nitrogen and oxygen atoms in total. The molecule has 0 bridgehead atoms. The van der Waals surface area contributed by atoms with Crippen molar-refractivity contribution in [1.29, 1.82) is 0 Å². The maximum absolute atomic E-state index is 12.7. The highest BCUT2D eigenvalue weighted by Crippen LogP contribution is 2.29. The van der Waals surface area contributed by atoms with E-state index in [1.165, 1.54) is 29.2 Å². The van der Waals surface area contributed by atoms with Crippen LogP contribution in [0, 0.1) is 0 Å². The third kappa shape index (κ3) is 3.49. The number of nitrogens with one attached hydrogen (secondary N) is 1. The second-order valence-corrected chi connectivity index (χ2v) is 6.74. The van der Waals surface area contributed by atoms with Crippen LogP contribution in [0.15, 0.2) is 36.7 Å². The van der Waals surface area contributed by atoms with Gasteiger partial charge in [-0.2, -0.15) is 18.3 Å². The molecule has 0 radical (unpaired) electrons. The van der Waals surface area contributed by atoms with E-state index in [4.69, 9.17) is 0 Å². The molecule has 0 saturated carbocycles. The zero-order valence-electron chi connectivity index (χ0n) is 14.9. The molecule has 1 aliphatic carbocycles. The lowest BCUT2D eigenvalue weighted by Crippen LogP contribution is -2.39. The molecule has 1 atom stereocenters. The summed E-state index contributed by atoms with van der Waals surface area (Å²) in [6.07, 6.45) is 0.679. The minimum atomic E-state index is -4.39. The Morgan fingerprint density at radius 2 is 2.00 bits per heavy atom. The highest BCUT2D eigenvalue weighted by molar-refractivity contribution is 5.94. The van der Waals surface area contributed by atoms with E-state index < -0.39 is 11.7 Å². The average Bonchev–Trinajstić information content (AvgIpc) is 3.29. The van der Waals surface area contributed by atoms with Gasteiger partial charge in [0.25, 0.3) is 5.91 Å². The van der Waals surface area contributed by atoms with Gasteiger partial charge in [-0.25, -0.2) is 4.68 Å². The van der Waals surface area contributed by atoms with Crippen molar-refractivity contribution in [3.63, 3.8) is 0 Å². The van der Waals surface area contributed by atoms with Crippen molar-refractivity contribution in [2.24, 2.45) is 7.05 Å². The Kier molecular flexibility index (Phi) is 4.40. The second-order valence-electron chi connectivity index (χ2n) is 6.74. The van der Waals surface area contributed by atoms with E-state index in [1.807, 2.05) is 7.05 Å². The van der Waals surface area contributed by atoms with Crippen molar-refractivity contribution in [1.82, 2.24) is 30.1 Å². The first kappa shape index (κ1) is 18.2. The van der Waals surface area contributed by atoms with Crippen LogP contribution in [0.1, 0.15) is 33.7 Å². The first-order chi connectivity index (χ1) is 13.3. The lowest BCUT2D eigenvalue weighted by atomic mass is 9.95. The number of hydrogen-bond donors (Lipinski definition) is 1. The van der Waals surface area contributed by atoms with Gasteiger partial charge < -0.3 is 5.32 Å². The molecule has 1 amide bonds. The third-order valence-electron chi connectivity index (χ3n) is 4.83. The van der Waals surface area contributed by atoms with Gasteiger partial charge in [-0.1, -0.05) is 5.21 Å². The predicted octanol–water partition coefficient (Wildman–Crippen LogP) is 2.31. The van der Waals surface area contributed by atoms with Crippen molar-refractivity contribution >= 4 is 5.91 Å². The minimum absolute atomic E-state index is 0.0499. The zero-order chi connectivity index (χ0) is 19.9. The number of fused-ring (bicyclic) bond motifs is 1. The Labute approximate surface area is 158 Å². The van der Waals surface area contributed by atoms with Crippen LogP contribution in [0.4, 0.5) is 13.2 Å². The molecule has 1 unspecified atom stereocenters. The third-order valence-corrected chi connectivity index (χ3v) is 4.83. The zero-order valence-corrected chi connectivity index (χ0v) is 14.9. The maximum Gasteiger partial charge on any atom is 0.416 e. The van der Waals surface area contributed by atoms with Gasteiger partial charge in [0.2, 0.25) is 0 Å². The maximum atomic E-state index is 12.7. The monoisotopic (exact) mass is 390 g/mol. The quantitative estimate of drug-likeness (QED) is 0.745. The Morgan fingerprint density at radius 3 is 2.71 bits per heavy atom. The molecule has 1 aromatic carbocycles. The summed E-state index contributed by atoms with van der Waals surface area (Å²) in [4.78, 5) is 12.5.